The van der Waals surface area contributed by atoms with Crippen molar-refractivity contribution in [1.29, 1.82) is 0 Å². The molecule has 0 radical (unpaired) electrons. The predicted molar refractivity (Wildman–Crippen MR) is 88.5 cm³/mol. The molecule has 0 fully saturated rings. The van der Waals surface area contributed by atoms with Gasteiger partial charge in [0.05, 0.1) is 25.5 Å². The summed E-state index contributed by atoms with van der Waals surface area (Å²) >= 11 is 18.7. The molecule has 0 spiro atoms. The first-order chi connectivity index (χ1) is 10.9. The Morgan fingerprint density at radius 3 is 2.43 bits per heavy atom. The van der Waals surface area contributed by atoms with Gasteiger partial charge in [0, 0.05) is 0 Å². The fraction of sp³-hybridized carbons (Fsp3) is 0.0714. The van der Waals surface area contributed by atoms with Crippen LogP contribution in [0.1, 0.15) is 20.0 Å². The molecule has 2 aromatic rings. The number of carbonyl (C=O) groups is 3. The molecule has 1 heterocycles. The van der Waals surface area contributed by atoms with Gasteiger partial charge in [0.1, 0.15) is 0 Å². The van der Waals surface area contributed by atoms with Gasteiger partial charge in [-0.25, -0.2) is 4.79 Å². The lowest BCUT2D eigenvalue weighted by molar-refractivity contribution is -0.123. The van der Waals surface area contributed by atoms with Gasteiger partial charge in [0.2, 0.25) is 0 Å². The van der Waals surface area contributed by atoms with Crippen LogP contribution in [-0.2, 0) is 9.53 Å². The first kappa shape index (κ1) is 17.7. The molecule has 0 aliphatic carbocycles. The molecule has 0 aliphatic heterocycles. The molecule has 2 amide bonds. The number of hydrogen-bond acceptors (Lipinski definition) is 5. The number of hydrogen-bond donors (Lipinski definition) is 1. The molecular weight excluding hydrogens is 385 g/mol. The van der Waals surface area contributed by atoms with E-state index in [1.165, 1.54) is 23.5 Å². The SMILES string of the molecule is O=C(COC(=O)c1c(Cl)ccc(Cl)c1Cl)NC(=O)c1cccs1. The average molecular weight is 393 g/mol. The Morgan fingerprint density at radius 1 is 1.09 bits per heavy atom. The van der Waals surface area contributed by atoms with E-state index in [1.54, 1.807) is 17.5 Å². The zero-order valence-corrected chi connectivity index (χ0v) is 14.4. The summed E-state index contributed by atoms with van der Waals surface area (Å²) in [5, 5.41) is 3.89. The van der Waals surface area contributed by atoms with E-state index < -0.39 is 24.4 Å². The number of nitrogens with one attached hydrogen (secondary N) is 1. The summed E-state index contributed by atoms with van der Waals surface area (Å²) in [5.41, 5.74) is -0.141. The van der Waals surface area contributed by atoms with Crippen molar-refractivity contribution in [3.8, 4) is 0 Å². The smallest absolute Gasteiger partial charge is 0.341 e. The van der Waals surface area contributed by atoms with Gasteiger partial charge >= 0.3 is 5.97 Å². The van der Waals surface area contributed by atoms with Crippen molar-refractivity contribution >= 4 is 63.9 Å². The van der Waals surface area contributed by atoms with E-state index in [0.717, 1.165) is 0 Å². The van der Waals surface area contributed by atoms with Crippen LogP contribution in [-0.4, -0.2) is 24.4 Å². The monoisotopic (exact) mass is 391 g/mol. The summed E-state index contributed by atoms with van der Waals surface area (Å²) in [7, 11) is 0. The zero-order valence-electron chi connectivity index (χ0n) is 11.3. The van der Waals surface area contributed by atoms with Crippen molar-refractivity contribution in [2.75, 3.05) is 6.61 Å². The van der Waals surface area contributed by atoms with Crippen molar-refractivity contribution in [2.24, 2.45) is 0 Å². The Morgan fingerprint density at radius 2 is 1.78 bits per heavy atom. The third-order valence-electron chi connectivity index (χ3n) is 2.58. The fourth-order valence-electron chi connectivity index (χ4n) is 1.55. The Balaban J connectivity index is 1.96. The summed E-state index contributed by atoms with van der Waals surface area (Å²) in [5.74, 6) is -2.26. The highest BCUT2D eigenvalue weighted by atomic mass is 35.5. The highest BCUT2D eigenvalue weighted by Gasteiger charge is 2.20. The Labute approximate surface area is 150 Å². The quantitative estimate of drug-likeness (QED) is 0.634. The van der Waals surface area contributed by atoms with E-state index in [0.29, 0.717) is 4.88 Å². The molecule has 0 saturated carbocycles. The molecule has 1 aromatic carbocycles. The molecular formula is C14H8Cl3NO4S. The molecule has 0 atom stereocenters. The van der Waals surface area contributed by atoms with E-state index in [1.807, 2.05) is 0 Å². The second-order valence-electron chi connectivity index (χ2n) is 4.15. The largest absolute Gasteiger partial charge is 0.452 e. The van der Waals surface area contributed by atoms with Gasteiger partial charge in [-0.2, -0.15) is 0 Å². The molecule has 0 bridgehead atoms. The molecule has 0 unspecified atom stereocenters. The highest BCUT2D eigenvalue weighted by molar-refractivity contribution is 7.12. The van der Waals surface area contributed by atoms with Gasteiger partial charge < -0.3 is 4.74 Å². The molecule has 1 aromatic heterocycles. The van der Waals surface area contributed by atoms with Gasteiger partial charge in [-0.05, 0) is 23.6 Å². The maximum Gasteiger partial charge on any atom is 0.341 e. The second kappa shape index (κ2) is 7.79. The summed E-state index contributed by atoms with van der Waals surface area (Å²) in [4.78, 5) is 35.6. The zero-order chi connectivity index (χ0) is 17.0. The number of carbonyl (C=O) groups excluding carboxylic acids is 3. The normalized spacial score (nSPS) is 10.2. The number of ether oxygens (including phenoxy) is 1. The van der Waals surface area contributed by atoms with Gasteiger partial charge in [0.25, 0.3) is 11.8 Å². The van der Waals surface area contributed by atoms with Gasteiger partial charge in [-0.1, -0.05) is 40.9 Å². The number of amides is 2. The number of esters is 1. The van der Waals surface area contributed by atoms with Crippen molar-refractivity contribution in [3.05, 3.63) is 55.2 Å². The van der Waals surface area contributed by atoms with Crippen LogP contribution < -0.4 is 5.32 Å². The summed E-state index contributed by atoms with van der Waals surface area (Å²) in [6.07, 6.45) is 0. The first-order valence-corrected chi connectivity index (χ1v) is 8.10. The van der Waals surface area contributed by atoms with Crippen LogP contribution in [0.2, 0.25) is 15.1 Å². The molecule has 1 N–H and O–H groups in total. The maximum atomic E-state index is 11.9. The standard InChI is InChI=1S/C14H8Cl3NO4S/c15-7-3-4-8(16)12(17)11(7)14(21)22-6-10(19)18-13(20)9-2-1-5-23-9/h1-5H,6H2,(H,18,19,20). The van der Waals surface area contributed by atoms with Crippen LogP contribution in [0, 0.1) is 0 Å². The Hall–Kier alpha value is -1.60. The fourth-order valence-corrected chi connectivity index (χ4v) is 2.85. The van der Waals surface area contributed by atoms with E-state index in [-0.39, 0.29) is 20.6 Å². The topological polar surface area (TPSA) is 72.5 Å². The molecule has 9 heteroatoms. The second-order valence-corrected chi connectivity index (χ2v) is 6.29. The molecule has 0 aliphatic rings. The number of halogens is 3. The predicted octanol–water partition coefficient (Wildman–Crippen LogP) is 3.82. The summed E-state index contributed by atoms with van der Waals surface area (Å²) in [6.45, 7) is -0.658. The lowest BCUT2D eigenvalue weighted by Gasteiger charge is -2.08. The number of rotatable bonds is 4. The van der Waals surface area contributed by atoms with Crippen LogP contribution in [0.3, 0.4) is 0 Å². The number of benzene rings is 1. The molecule has 2 rings (SSSR count). The van der Waals surface area contributed by atoms with Crippen molar-refractivity contribution < 1.29 is 19.1 Å². The van der Waals surface area contributed by atoms with E-state index in [9.17, 15) is 14.4 Å². The molecule has 5 nitrogen and oxygen atoms in total. The van der Waals surface area contributed by atoms with Crippen molar-refractivity contribution in [1.82, 2.24) is 5.32 Å². The Kier molecular flexibility index (Phi) is 6.01. The highest BCUT2D eigenvalue weighted by Crippen LogP contribution is 2.31. The third-order valence-corrected chi connectivity index (χ3v) is 4.57. The van der Waals surface area contributed by atoms with Crippen LogP contribution >= 0.6 is 46.1 Å². The molecule has 0 saturated heterocycles. The average Bonchev–Trinajstić information content (AvgIpc) is 3.04. The minimum Gasteiger partial charge on any atom is -0.452 e. The number of thiophene rings is 1. The van der Waals surface area contributed by atoms with Gasteiger partial charge in [0.15, 0.2) is 6.61 Å². The molecule has 120 valence electrons. The van der Waals surface area contributed by atoms with Crippen LogP contribution in [0.15, 0.2) is 29.6 Å². The lowest BCUT2D eigenvalue weighted by Crippen LogP contribution is -2.33. The summed E-state index contributed by atoms with van der Waals surface area (Å²) < 4.78 is 4.80. The maximum absolute atomic E-state index is 11.9. The number of imide groups is 1. The lowest BCUT2D eigenvalue weighted by atomic mass is 10.2. The van der Waals surface area contributed by atoms with Crippen LogP contribution in [0.4, 0.5) is 0 Å². The van der Waals surface area contributed by atoms with Crippen molar-refractivity contribution in [2.45, 2.75) is 0 Å². The van der Waals surface area contributed by atoms with E-state index in [2.05, 4.69) is 5.32 Å². The van der Waals surface area contributed by atoms with Crippen molar-refractivity contribution in [3.63, 3.8) is 0 Å². The van der Waals surface area contributed by atoms with Gasteiger partial charge in [-0.15, -0.1) is 11.3 Å². The minimum atomic E-state index is -0.916. The Bertz CT molecular complexity index is 762. The molecule has 23 heavy (non-hydrogen) atoms. The van der Waals surface area contributed by atoms with Crippen LogP contribution in [0.5, 0.6) is 0 Å². The van der Waals surface area contributed by atoms with Gasteiger partial charge in [-0.3, -0.25) is 14.9 Å². The first-order valence-electron chi connectivity index (χ1n) is 6.08. The summed E-state index contributed by atoms with van der Waals surface area (Å²) in [6, 6.07) is 6.04. The minimum absolute atomic E-state index is 0.0412. The van der Waals surface area contributed by atoms with Crippen LogP contribution in [0.25, 0.3) is 0 Å². The van der Waals surface area contributed by atoms with E-state index in [4.69, 9.17) is 39.5 Å². The van der Waals surface area contributed by atoms with E-state index >= 15 is 0 Å². The third kappa shape index (κ3) is 4.45.